The number of aromatic nitrogens is 2. The van der Waals surface area contributed by atoms with Crippen molar-refractivity contribution in [3.63, 3.8) is 0 Å². The average molecular weight is 398 g/mol. The van der Waals surface area contributed by atoms with E-state index in [0.29, 0.717) is 19.4 Å². The highest BCUT2D eigenvalue weighted by atomic mass is 32.1. The quantitative estimate of drug-likeness (QED) is 0.538. The van der Waals surface area contributed by atoms with Gasteiger partial charge in [-0.15, -0.1) is 11.3 Å². The third kappa shape index (κ3) is 5.53. The largest absolute Gasteiger partial charge is 0.493 e. The van der Waals surface area contributed by atoms with Crippen LogP contribution in [0.15, 0.2) is 54.2 Å². The first-order chi connectivity index (χ1) is 13.7. The third-order valence-corrected chi connectivity index (χ3v) is 5.33. The van der Waals surface area contributed by atoms with Gasteiger partial charge in [-0.1, -0.05) is 12.1 Å². The Morgan fingerprint density at radius 1 is 1.21 bits per heavy atom. The van der Waals surface area contributed by atoms with Gasteiger partial charge in [-0.05, 0) is 36.2 Å². The second kappa shape index (κ2) is 9.85. The Kier molecular flexibility index (Phi) is 6.97. The molecule has 2 aromatic heterocycles. The number of carbonyl (C=O) groups is 1. The molecule has 0 spiro atoms. The molecular formula is C21H23N3O3S. The van der Waals surface area contributed by atoms with Gasteiger partial charge in [0.05, 0.1) is 29.4 Å². The number of hydrogen-bond acceptors (Lipinski definition) is 6. The van der Waals surface area contributed by atoms with Crippen molar-refractivity contribution in [2.75, 3.05) is 19.0 Å². The van der Waals surface area contributed by atoms with Crippen molar-refractivity contribution < 1.29 is 14.6 Å². The first-order valence-corrected chi connectivity index (χ1v) is 9.98. The Bertz CT molecular complexity index is 882. The summed E-state index contributed by atoms with van der Waals surface area (Å²) in [5, 5.41) is 15.0. The lowest BCUT2D eigenvalue weighted by Gasteiger charge is -2.13. The number of thiazole rings is 1. The molecule has 2 heterocycles. The van der Waals surface area contributed by atoms with Crippen LogP contribution < -0.4 is 10.1 Å². The molecule has 3 rings (SSSR count). The second-order valence-electron chi connectivity index (χ2n) is 6.36. The highest BCUT2D eigenvalue weighted by molar-refractivity contribution is 7.09. The van der Waals surface area contributed by atoms with E-state index in [0.717, 1.165) is 27.7 Å². The van der Waals surface area contributed by atoms with Crippen LogP contribution in [0.25, 0.3) is 0 Å². The lowest BCUT2D eigenvalue weighted by molar-refractivity contribution is -0.137. The molecule has 28 heavy (non-hydrogen) atoms. The standard InChI is InChI=1S/C21H23N3O3S/c1-22-18-3-2-9-23-19(18)8-11-27-17-6-4-15(5-7-17)13-16(14-20(25)26)21-24-10-12-28-21/h2-7,9-10,12,16,22H,8,11,13-14H2,1H3,(H,25,26). The second-order valence-corrected chi connectivity index (χ2v) is 7.29. The maximum Gasteiger partial charge on any atom is 0.304 e. The number of ether oxygens (including phenoxy) is 1. The highest BCUT2D eigenvalue weighted by Crippen LogP contribution is 2.27. The Labute approximate surface area is 168 Å². The first kappa shape index (κ1) is 19.8. The van der Waals surface area contributed by atoms with Gasteiger partial charge in [0.1, 0.15) is 5.75 Å². The molecule has 3 aromatic rings. The minimum absolute atomic E-state index is 0.0731. The fraction of sp³-hybridized carbons (Fsp3) is 0.286. The van der Waals surface area contributed by atoms with Crippen LogP contribution in [0.2, 0.25) is 0 Å². The minimum Gasteiger partial charge on any atom is -0.493 e. The van der Waals surface area contributed by atoms with Crippen LogP contribution in [0, 0.1) is 0 Å². The van der Waals surface area contributed by atoms with Crippen molar-refractivity contribution in [1.29, 1.82) is 0 Å². The van der Waals surface area contributed by atoms with Gasteiger partial charge >= 0.3 is 5.97 Å². The zero-order chi connectivity index (χ0) is 19.8. The molecule has 0 saturated heterocycles. The maximum atomic E-state index is 11.2. The number of pyridine rings is 1. The molecule has 1 aromatic carbocycles. The number of hydrogen-bond donors (Lipinski definition) is 2. The molecule has 1 unspecified atom stereocenters. The summed E-state index contributed by atoms with van der Waals surface area (Å²) >= 11 is 1.50. The number of carboxylic acids is 1. The van der Waals surface area contributed by atoms with Crippen molar-refractivity contribution in [3.8, 4) is 5.75 Å². The number of rotatable bonds is 10. The molecule has 1 atom stereocenters. The number of benzene rings is 1. The fourth-order valence-electron chi connectivity index (χ4n) is 3.03. The van der Waals surface area contributed by atoms with Gasteiger partial charge in [0.15, 0.2) is 0 Å². The predicted octanol–water partition coefficient (Wildman–Crippen LogP) is 4.00. The van der Waals surface area contributed by atoms with Crippen LogP contribution in [0.3, 0.4) is 0 Å². The third-order valence-electron chi connectivity index (χ3n) is 4.39. The summed E-state index contributed by atoms with van der Waals surface area (Å²) in [6, 6.07) is 11.7. The molecule has 6 nitrogen and oxygen atoms in total. The van der Waals surface area contributed by atoms with Crippen LogP contribution in [0.1, 0.15) is 28.6 Å². The van der Waals surface area contributed by atoms with Gasteiger partial charge in [-0.2, -0.15) is 0 Å². The highest BCUT2D eigenvalue weighted by Gasteiger charge is 2.18. The molecule has 0 aliphatic rings. The van der Waals surface area contributed by atoms with E-state index < -0.39 is 5.97 Å². The van der Waals surface area contributed by atoms with Crippen LogP contribution in [-0.2, 0) is 17.6 Å². The molecular weight excluding hydrogens is 374 g/mol. The van der Waals surface area contributed by atoms with Crippen molar-refractivity contribution in [3.05, 3.63) is 70.4 Å². The summed E-state index contributed by atoms with van der Waals surface area (Å²) in [4.78, 5) is 19.8. The molecule has 7 heteroatoms. The lowest BCUT2D eigenvalue weighted by Crippen LogP contribution is -2.09. The Morgan fingerprint density at radius 3 is 2.71 bits per heavy atom. The molecule has 0 amide bonds. The van der Waals surface area contributed by atoms with E-state index in [9.17, 15) is 9.90 Å². The van der Waals surface area contributed by atoms with Crippen molar-refractivity contribution >= 4 is 23.0 Å². The molecule has 0 radical (unpaired) electrons. The summed E-state index contributed by atoms with van der Waals surface area (Å²) in [6.45, 7) is 0.534. The van der Waals surface area contributed by atoms with E-state index in [2.05, 4.69) is 15.3 Å². The summed E-state index contributed by atoms with van der Waals surface area (Å²) in [6.07, 6.45) is 4.92. The molecule has 146 valence electrons. The fourth-order valence-corrected chi connectivity index (χ4v) is 3.77. The zero-order valence-electron chi connectivity index (χ0n) is 15.7. The van der Waals surface area contributed by atoms with Gasteiger partial charge in [0, 0.05) is 37.2 Å². The van der Waals surface area contributed by atoms with Gasteiger partial charge < -0.3 is 15.2 Å². The monoisotopic (exact) mass is 397 g/mol. The van der Waals surface area contributed by atoms with Crippen molar-refractivity contribution in [2.45, 2.75) is 25.2 Å². The number of carboxylic acid groups (broad SMARTS) is 1. The van der Waals surface area contributed by atoms with Gasteiger partial charge in [0.2, 0.25) is 0 Å². The number of nitrogens with zero attached hydrogens (tertiary/aromatic N) is 2. The van der Waals surface area contributed by atoms with Crippen LogP contribution in [-0.4, -0.2) is 34.7 Å². The van der Waals surface area contributed by atoms with E-state index in [1.807, 2.05) is 48.8 Å². The summed E-state index contributed by atoms with van der Waals surface area (Å²) in [5.41, 5.74) is 3.05. The maximum absolute atomic E-state index is 11.2. The summed E-state index contributed by atoms with van der Waals surface area (Å²) < 4.78 is 5.83. The van der Waals surface area contributed by atoms with E-state index in [-0.39, 0.29) is 12.3 Å². The van der Waals surface area contributed by atoms with E-state index >= 15 is 0 Å². The predicted molar refractivity (Wildman–Crippen MR) is 110 cm³/mol. The lowest BCUT2D eigenvalue weighted by atomic mass is 9.97. The summed E-state index contributed by atoms with van der Waals surface area (Å²) in [5.74, 6) is -0.140. The van der Waals surface area contributed by atoms with Crippen molar-refractivity contribution in [2.24, 2.45) is 0 Å². The Morgan fingerprint density at radius 2 is 2.04 bits per heavy atom. The van der Waals surface area contributed by atoms with Crippen LogP contribution in [0.5, 0.6) is 5.75 Å². The molecule has 2 N–H and O–H groups in total. The van der Waals surface area contributed by atoms with E-state index in [1.54, 1.807) is 12.4 Å². The molecule has 0 fully saturated rings. The minimum atomic E-state index is -0.810. The van der Waals surface area contributed by atoms with E-state index in [4.69, 9.17) is 4.74 Å². The van der Waals surface area contributed by atoms with Gasteiger partial charge in [-0.25, -0.2) is 4.98 Å². The summed E-state index contributed by atoms with van der Waals surface area (Å²) in [7, 11) is 1.88. The van der Waals surface area contributed by atoms with Crippen LogP contribution in [0.4, 0.5) is 5.69 Å². The van der Waals surface area contributed by atoms with Gasteiger partial charge in [0.25, 0.3) is 0 Å². The number of anilines is 1. The first-order valence-electron chi connectivity index (χ1n) is 9.10. The molecule has 0 aliphatic carbocycles. The SMILES string of the molecule is CNc1cccnc1CCOc1ccc(CC(CC(=O)O)c2nccs2)cc1. The smallest absolute Gasteiger partial charge is 0.304 e. The normalized spacial score (nSPS) is 11.8. The van der Waals surface area contributed by atoms with Crippen molar-refractivity contribution in [1.82, 2.24) is 9.97 Å². The topological polar surface area (TPSA) is 84.3 Å². The van der Waals surface area contributed by atoms with E-state index in [1.165, 1.54) is 11.3 Å². The average Bonchev–Trinajstić information content (AvgIpc) is 3.24. The Balaban J connectivity index is 1.56. The zero-order valence-corrected chi connectivity index (χ0v) is 16.5. The molecule has 0 bridgehead atoms. The number of nitrogens with one attached hydrogen (secondary N) is 1. The molecule has 0 saturated carbocycles. The Hall–Kier alpha value is -2.93. The number of aliphatic carboxylic acids is 1. The van der Waals surface area contributed by atoms with Gasteiger partial charge in [-0.3, -0.25) is 9.78 Å². The molecule has 0 aliphatic heterocycles. The van der Waals surface area contributed by atoms with Crippen LogP contribution >= 0.6 is 11.3 Å².